The second kappa shape index (κ2) is 4.30. The monoisotopic (exact) mass is 185 g/mol. The van der Waals surface area contributed by atoms with E-state index >= 15 is 0 Å². The first kappa shape index (κ1) is 11.2. The molecular formula is C6H10F3NO2. The molecule has 0 saturated carbocycles. The van der Waals surface area contributed by atoms with Gasteiger partial charge in [0.05, 0.1) is 6.42 Å². The minimum Gasteiger partial charge on any atom is -0.480 e. The quantitative estimate of drug-likeness (QED) is 0.687. The second-order valence-electron chi connectivity index (χ2n) is 2.38. The highest BCUT2D eigenvalue weighted by molar-refractivity contribution is 5.72. The van der Waals surface area contributed by atoms with Crippen LogP contribution < -0.4 is 5.32 Å². The molecule has 0 unspecified atom stereocenters. The first-order valence-corrected chi connectivity index (χ1v) is 3.36. The summed E-state index contributed by atoms with van der Waals surface area (Å²) in [6.45, 7) is 0.926. The summed E-state index contributed by atoms with van der Waals surface area (Å²) in [4.78, 5) is 10.1. The standard InChI is InChI=1S/C6H10F3NO2/c1-4(5(11)12)10-3-2-6(7,8)9/h4,10H,2-3H2,1H3,(H,11,12)/t4-/m0/s1. The average molecular weight is 185 g/mol. The highest BCUT2D eigenvalue weighted by Gasteiger charge is 2.26. The smallest absolute Gasteiger partial charge is 0.390 e. The van der Waals surface area contributed by atoms with E-state index in [4.69, 9.17) is 5.11 Å². The zero-order valence-electron chi connectivity index (χ0n) is 6.48. The minimum atomic E-state index is -4.23. The lowest BCUT2D eigenvalue weighted by Crippen LogP contribution is -2.35. The summed E-state index contributed by atoms with van der Waals surface area (Å²) in [5, 5.41) is 10.5. The zero-order chi connectivity index (χ0) is 9.78. The molecule has 0 aliphatic rings. The van der Waals surface area contributed by atoms with E-state index in [0.717, 1.165) is 0 Å². The van der Waals surface area contributed by atoms with Gasteiger partial charge in [-0.25, -0.2) is 0 Å². The molecule has 3 nitrogen and oxygen atoms in total. The van der Waals surface area contributed by atoms with Gasteiger partial charge in [-0.1, -0.05) is 0 Å². The molecule has 2 N–H and O–H groups in total. The van der Waals surface area contributed by atoms with Crippen LogP contribution in [0.25, 0.3) is 0 Å². The van der Waals surface area contributed by atoms with Crippen LogP contribution in [-0.2, 0) is 4.79 Å². The fourth-order valence-corrected chi connectivity index (χ4v) is 0.518. The van der Waals surface area contributed by atoms with Crippen molar-refractivity contribution in [3.8, 4) is 0 Å². The van der Waals surface area contributed by atoms with Crippen LogP contribution in [-0.4, -0.2) is 29.8 Å². The van der Waals surface area contributed by atoms with E-state index in [0.29, 0.717) is 0 Å². The molecule has 0 aliphatic carbocycles. The first-order chi connectivity index (χ1) is 5.33. The zero-order valence-corrected chi connectivity index (χ0v) is 6.48. The molecule has 0 heterocycles. The molecule has 6 heteroatoms. The molecule has 12 heavy (non-hydrogen) atoms. The van der Waals surface area contributed by atoms with Crippen LogP contribution in [0.1, 0.15) is 13.3 Å². The summed E-state index contributed by atoms with van der Waals surface area (Å²) in [6, 6.07) is -0.938. The number of carbonyl (C=O) groups is 1. The van der Waals surface area contributed by atoms with Crippen LogP contribution in [0.15, 0.2) is 0 Å². The molecule has 0 spiro atoms. The van der Waals surface area contributed by atoms with Gasteiger partial charge in [0, 0.05) is 6.54 Å². The number of carboxylic acids is 1. The van der Waals surface area contributed by atoms with Crippen LogP contribution in [0, 0.1) is 0 Å². The van der Waals surface area contributed by atoms with E-state index in [2.05, 4.69) is 5.32 Å². The normalized spacial score (nSPS) is 14.3. The summed E-state index contributed by atoms with van der Waals surface area (Å²) in [7, 11) is 0. The Kier molecular flexibility index (Phi) is 4.02. The van der Waals surface area contributed by atoms with Crippen LogP contribution in [0.4, 0.5) is 13.2 Å². The summed E-state index contributed by atoms with van der Waals surface area (Å²) >= 11 is 0. The van der Waals surface area contributed by atoms with Crippen molar-refractivity contribution in [2.75, 3.05) is 6.54 Å². The van der Waals surface area contributed by atoms with Crippen molar-refractivity contribution in [3.05, 3.63) is 0 Å². The lowest BCUT2D eigenvalue weighted by Gasteiger charge is -2.10. The van der Waals surface area contributed by atoms with Gasteiger partial charge in [-0.15, -0.1) is 0 Å². The number of rotatable bonds is 4. The molecule has 0 fully saturated rings. The van der Waals surface area contributed by atoms with Crippen LogP contribution in [0.2, 0.25) is 0 Å². The molecular weight excluding hydrogens is 175 g/mol. The van der Waals surface area contributed by atoms with Crippen molar-refractivity contribution >= 4 is 5.97 Å². The average Bonchev–Trinajstić information content (AvgIpc) is 1.84. The van der Waals surface area contributed by atoms with Crippen LogP contribution >= 0.6 is 0 Å². The maximum Gasteiger partial charge on any atom is 0.390 e. The predicted molar refractivity (Wildman–Crippen MR) is 35.8 cm³/mol. The van der Waals surface area contributed by atoms with Gasteiger partial charge in [0.15, 0.2) is 0 Å². The van der Waals surface area contributed by atoms with Gasteiger partial charge in [-0.05, 0) is 6.92 Å². The molecule has 0 aromatic rings. The Morgan fingerprint density at radius 1 is 1.58 bits per heavy atom. The van der Waals surface area contributed by atoms with Gasteiger partial charge in [0.1, 0.15) is 6.04 Å². The highest BCUT2D eigenvalue weighted by Crippen LogP contribution is 2.18. The molecule has 0 rings (SSSR count). The number of aliphatic carboxylic acids is 1. The summed E-state index contributed by atoms with van der Waals surface area (Å²) in [5.74, 6) is -1.16. The van der Waals surface area contributed by atoms with Gasteiger partial charge < -0.3 is 10.4 Å². The first-order valence-electron chi connectivity index (χ1n) is 3.36. The third kappa shape index (κ3) is 5.96. The van der Waals surface area contributed by atoms with Crippen molar-refractivity contribution in [1.29, 1.82) is 0 Å². The number of halogens is 3. The Labute approximate surface area is 67.6 Å². The lowest BCUT2D eigenvalue weighted by atomic mass is 10.3. The summed E-state index contributed by atoms with van der Waals surface area (Å²) < 4.78 is 34.6. The molecule has 72 valence electrons. The van der Waals surface area contributed by atoms with Crippen molar-refractivity contribution in [1.82, 2.24) is 5.32 Å². The largest absolute Gasteiger partial charge is 0.480 e. The van der Waals surface area contributed by atoms with E-state index in [9.17, 15) is 18.0 Å². The number of alkyl halides is 3. The fraction of sp³-hybridized carbons (Fsp3) is 0.833. The topological polar surface area (TPSA) is 49.3 Å². The number of carboxylic acid groups (broad SMARTS) is 1. The summed E-state index contributed by atoms with van der Waals surface area (Å²) in [6.07, 6.45) is -5.24. The predicted octanol–water partition coefficient (Wildman–Crippen LogP) is 1.00. The van der Waals surface area contributed by atoms with Crippen molar-refractivity contribution in [2.45, 2.75) is 25.6 Å². The number of nitrogens with one attached hydrogen (secondary N) is 1. The Bertz CT molecular complexity index is 157. The Morgan fingerprint density at radius 3 is 2.42 bits per heavy atom. The van der Waals surface area contributed by atoms with Gasteiger partial charge in [-0.2, -0.15) is 13.2 Å². The van der Waals surface area contributed by atoms with E-state index in [1.165, 1.54) is 6.92 Å². The molecule has 1 atom stereocenters. The molecule has 0 radical (unpaired) electrons. The van der Waals surface area contributed by atoms with E-state index in [1.54, 1.807) is 0 Å². The van der Waals surface area contributed by atoms with Crippen LogP contribution in [0.3, 0.4) is 0 Å². The highest BCUT2D eigenvalue weighted by atomic mass is 19.4. The molecule has 0 bridgehead atoms. The fourth-order valence-electron chi connectivity index (χ4n) is 0.518. The van der Waals surface area contributed by atoms with Gasteiger partial charge in [0.25, 0.3) is 0 Å². The third-order valence-corrected chi connectivity index (χ3v) is 1.23. The Morgan fingerprint density at radius 2 is 2.08 bits per heavy atom. The van der Waals surface area contributed by atoms with E-state index < -0.39 is 24.6 Å². The second-order valence-corrected chi connectivity index (χ2v) is 2.38. The Balaban J connectivity index is 3.51. The van der Waals surface area contributed by atoms with Crippen molar-refractivity contribution < 1.29 is 23.1 Å². The maximum absolute atomic E-state index is 11.5. The number of hydrogen-bond acceptors (Lipinski definition) is 2. The molecule has 0 aromatic heterocycles. The van der Waals surface area contributed by atoms with Crippen molar-refractivity contribution in [2.24, 2.45) is 0 Å². The summed E-state index contributed by atoms with van der Waals surface area (Å²) in [5.41, 5.74) is 0. The maximum atomic E-state index is 11.5. The van der Waals surface area contributed by atoms with Gasteiger partial charge >= 0.3 is 12.1 Å². The molecule has 0 aliphatic heterocycles. The molecule has 0 amide bonds. The van der Waals surface area contributed by atoms with Gasteiger partial charge in [0.2, 0.25) is 0 Å². The van der Waals surface area contributed by atoms with Crippen LogP contribution in [0.5, 0.6) is 0 Å². The molecule has 0 saturated heterocycles. The Hall–Kier alpha value is -0.780. The molecule has 0 aromatic carbocycles. The third-order valence-electron chi connectivity index (χ3n) is 1.23. The SMILES string of the molecule is C[C@H](NCCC(F)(F)F)C(=O)O. The number of hydrogen-bond donors (Lipinski definition) is 2. The lowest BCUT2D eigenvalue weighted by molar-refractivity contribution is -0.142. The van der Waals surface area contributed by atoms with Gasteiger partial charge in [-0.3, -0.25) is 4.79 Å². The minimum absolute atomic E-state index is 0.364. The van der Waals surface area contributed by atoms with E-state index in [-0.39, 0.29) is 6.54 Å². The van der Waals surface area contributed by atoms with Crippen molar-refractivity contribution in [3.63, 3.8) is 0 Å². The van der Waals surface area contributed by atoms with E-state index in [1.807, 2.05) is 0 Å².